The number of hydrogen-bond donors (Lipinski definition) is 3. The molecule has 0 aliphatic heterocycles. The molecule has 0 saturated carbocycles. The largest absolute Gasteiger partial charge is 0.480 e. The van der Waals surface area contributed by atoms with Gasteiger partial charge in [0.2, 0.25) is 11.8 Å². The van der Waals surface area contributed by atoms with Crippen LogP contribution in [0.15, 0.2) is 0 Å². The zero-order chi connectivity index (χ0) is 16.1. The topological polar surface area (TPSA) is 124 Å². The summed E-state index contributed by atoms with van der Waals surface area (Å²) < 4.78 is 12.4. The van der Waals surface area contributed by atoms with Crippen LogP contribution >= 0.6 is 7.52 Å². The van der Waals surface area contributed by atoms with E-state index in [0.29, 0.717) is 11.1 Å². The second-order valence-corrected chi connectivity index (χ2v) is 6.67. The van der Waals surface area contributed by atoms with Crippen LogP contribution in [0, 0.1) is 0 Å². The van der Waals surface area contributed by atoms with Gasteiger partial charge in [0, 0.05) is 13.1 Å². The molecule has 0 spiro atoms. The lowest BCUT2D eigenvalue weighted by atomic mass is 10.2. The summed E-state index contributed by atoms with van der Waals surface area (Å²) in [6.45, 7) is 5.23. The van der Waals surface area contributed by atoms with Crippen LogP contribution < -0.4 is 5.32 Å². The summed E-state index contributed by atoms with van der Waals surface area (Å²) in [6.07, 6.45) is 0.500. The molecule has 0 aromatic carbocycles. The molecule has 3 N–H and O–H groups in total. The highest BCUT2D eigenvalue weighted by molar-refractivity contribution is 7.55. The molecular formula is C11H21N2O6P. The number of carbonyl (C=O) groups excluding carboxylic acids is 2. The van der Waals surface area contributed by atoms with Crippen LogP contribution in [0.25, 0.3) is 0 Å². The van der Waals surface area contributed by atoms with Crippen molar-refractivity contribution in [2.45, 2.75) is 45.7 Å². The first-order valence-corrected chi connectivity index (χ1v) is 8.24. The maximum atomic E-state index is 11.9. The lowest BCUT2D eigenvalue weighted by Gasteiger charge is -2.30. The lowest BCUT2D eigenvalue weighted by Crippen LogP contribution is -2.50. The summed E-state index contributed by atoms with van der Waals surface area (Å²) in [6, 6.07) is -2.38. The molecule has 0 aliphatic carbocycles. The van der Waals surface area contributed by atoms with Gasteiger partial charge in [-0.25, -0.2) is 0 Å². The molecule has 0 aromatic rings. The summed E-state index contributed by atoms with van der Waals surface area (Å²) in [5.74, 6) is -2.65. The second-order valence-electron chi connectivity index (χ2n) is 4.57. The van der Waals surface area contributed by atoms with Gasteiger partial charge in [-0.3, -0.25) is 23.6 Å². The highest BCUT2D eigenvalue weighted by Gasteiger charge is 2.36. The van der Waals surface area contributed by atoms with Crippen molar-refractivity contribution >= 4 is 25.3 Å². The van der Waals surface area contributed by atoms with E-state index in [1.807, 2.05) is 0 Å². The van der Waals surface area contributed by atoms with Gasteiger partial charge in [-0.05, 0) is 20.3 Å². The van der Waals surface area contributed by atoms with Crippen molar-refractivity contribution in [1.82, 2.24) is 9.99 Å². The van der Waals surface area contributed by atoms with Crippen molar-refractivity contribution in [1.29, 1.82) is 0 Å². The summed E-state index contributed by atoms with van der Waals surface area (Å²) in [7, 11) is -3.96. The summed E-state index contributed by atoms with van der Waals surface area (Å²) in [4.78, 5) is 44.0. The van der Waals surface area contributed by atoms with Gasteiger partial charge in [-0.1, -0.05) is 6.92 Å². The van der Waals surface area contributed by atoms with Crippen LogP contribution in [0.1, 0.15) is 33.6 Å². The fourth-order valence-electron chi connectivity index (χ4n) is 1.58. The van der Waals surface area contributed by atoms with Crippen molar-refractivity contribution in [2.75, 3.05) is 6.66 Å². The third kappa shape index (κ3) is 5.30. The molecule has 116 valence electrons. The van der Waals surface area contributed by atoms with Crippen molar-refractivity contribution in [3.05, 3.63) is 0 Å². The third-order valence-electron chi connectivity index (χ3n) is 2.59. The normalized spacial score (nSPS) is 16.6. The first kappa shape index (κ1) is 18.6. The summed E-state index contributed by atoms with van der Waals surface area (Å²) in [5, 5.41) is 10.9. The van der Waals surface area contributed by atoms with E-state index >= 15 is 0 Å². The Balaban J connectivity index is 5.10. The Morgan fingerprint density at radius 3 is 2.15 bits per heavy atom. The Bertz CT molecular complexity index is 433. The Labute approximate surface area is 117 Å². The van der Waals surface area contributed by atoms with E-state index in [1.165, 1.54) is 13.8 Å². The number of nitrogens with zero attached hydrogens (tertiary/aromatic N) is 1. The third-order valence-corrected chi connectivity index (χ3v) is 3.96. The molecule has 0 bridgehead atoms. The highest BCUT2D eigenvalue weighted by Crippen LogP contribution is 2.43. The quantitative estimate of drug-likeness (QED) is 0.585. The first-order valence-electron chi connectivity index (χ1n) is 6.18. The van der Waals surface area contributed by atoms with E-state index in [-0.39, 0.29) is 6.42 Å². The summed E-state index contributed by atoms with van der Waals surface area (Å²) >= 11 is 0. The van der Waals surface area contributed by atoms with Crippen molar-refractivity contribution in [3.63, 3.8) is 0 Å². The van der Waals surface area contributed by atoms with Gasteiger partial charge >= 0.3 is 5.97 Å². The molecule has 2 amide bonds. The minimum absolute atomic E-state index is 0.0322. The Kier molecular flexibility index (Phi) is 6.88. The molecule has 0 saturated heterocycles. The number of carbonyl (C=O) groups is 3. The predicted octanol–water partition coefficient (Wildman–Crippen LogP) is 0.408. The number of rotatable bonds is 7. The summed E-state index contributed by atoms with van der Waals surface area (Å²) in [5.41, 5.74) is 0. The van der Waals surface area contributed by atoms with E-state index in [1.54, 1.807) is 6.92 Å². The van der Waals surface area contributed by atoms with Gasteiger partial charge in [0.15, 0.2) is 0 Å². The van der Waals surface area contributed by atoms with E-state index < -0.39 is 37.4 Å². The number of carboxylic acids is 1. The molecular weight excluding hydrogens is 287 g/mol. The standard InChI is InChI=1S/C11H21N2O6P/c1-5-6-9(14)13(20(4,18)19)8(3)10(15)12-7(2)11(16)17/h7-8H,5-6H2,1-4H3,(H,12,15)(H,16,17)(H,18,19)/t7-,8-/m0/s1. The van der Waals surface area contributed by atoms with Gasteiger partial charge in [0.1, 0.15) is 12.1 Å². The van der Waals surface area contributed by atoms with Crippen LogP contribution in [-0.4, -0.2) is 51.2 Å². The second kappa shape index (κ2) is 7.40. The van der Waals surface area contributed by atoms with Crippen molar-refractivity contribution in [2.24, 2.45) is 0 Å². The molecule has 1 unspecified atom stereocenters. The molecule has 0 fully saturated rings. The molecule has 8 nitrogen and oxygen atoms in total. The van der Waals surface area contributed by atoms with E-state index in [0.717, 1.165) is 6.66 Å². The van der Waals surface area contributed by atoms with Crippen LogP contribution in [-0.2, 0) is 18.9 Å². The van der Waals surface area contributed by atoms with Gasteiger partial charge in [0.25, 0.3) is 7.52 Å². The van der Waals surface area contributed by atoms with E-state index in [2.05, 4.69) is 5.32 Å². The van der Waals surface area contributed by atoms with Gasteiger partial charge < -0.3 is 15.3 Å². The number of hydrogen-bond acceptors (Lipinski definition) is 4. The zero-order valence-corrected chi connectivity index (χ0v) is 12.9. The predicted molar refractivity (Wildman–Crippen MR) is 72.2 cm³/mol. The molecule has 20 heavy (non-hydrogen) atoms. The smallest absolute Gasteiger partial charge is 0.325 e. The Hall–Kier alpha value is -1.40. The van der Waals surface area contributed by atoms with Gasteiger partial charge in [-0.2, -0.15) is 0 Å². The molecule has 9 heteroatoms. The average Bonchev–Trinajstić information content (AvgIpc) is 2.26. The monoisotopic (exact) mass is 308 g/mol. The molecule has 0 heterocycles. The average molecular weight is 308 g/mol. The number of amides is 2. The maximum Gasteiger partial charge on any atom is 0.325 e. The van der Waals surface area contributed by atoms with Crippen LogP contribution in [0.2, 0.25) is 0 Å². The maximum absolute atomic E-state index is 11.9. The molecule has 0 aromatic heterocycles. The fraction of sp³-hybridized carbons (Fsp3) is 0.727. The minimum atomic E-state index is -3.96. The lowest BCUT2D eigenvalue weighted by molar-refractivity contribution is -0.142. The molecule has 0 aliphatic rings. The van der Waals surface area contributed by atoms with Crippen molar-refractivity contribution < 1.29 is 28.9 Å². The van der Waals surface area contributed by atoms with Crippen molar-refractivity contribution in [3.8, 4) is 0 Å². The van der Waals surface area contributed by atoms with Crippen LogP contribution in [0.4, 0.5) is 0 Å². The number of carboxylic acid groups (broad SMARTS) is 1. The highest BCUT2D eigenvalue weighted by atomic mass is 31.2. The molecule has 0 rings (SSSR count). The minimum Gasteiger partial charge on any atom is -0.480 e. The molecule has 0 radical (unpaired) electrons. The van der Waals surface area contributed by atoms with E-state index in [9.17, 15) is 23.8 Å². The van der Waals surface area contributed by atoms with Crippen LogP contribution in [0.3, 0.4) is 0 Å². The van der Waals surface area contributed by atoms with Gasteiger partial charge in [0.05, 0.1) is 0 Å². The SMILES string of the molecule is CCCC(=O)N([C@@H](C)C(=O)N[C@@H](C)C(=O)O)P(C)(=O)O. The number of aliphatic carboxylic acids is 1. The Morgan fingerprint density at radius 2 is 1.80 bits per heavy atom. The van der Waals surface area contributed by atoms with Crippen LogP contribution in [0.5, 0.6) is 0 Å². The Morgan fingerprint density at radius 1 is 1.30 bits per heavy atom. The molecule has 3 atom stereocenters. The van der Waals surface area contributed by atoms with Gasteiger partial charge in [-0.15, -0.1) is 0 Å². The number of nitrogens with one attached hydrogen (secondary N) is 1. The fourth-order valence-corrected chi connectivity index (χ4v) is 2.84. The first-order chi connectivity index (χ1) is 9.02. The zero-order valence-electron chi connectivity index (χ0n) is 12.0. The van der Waals surface area contributed by atoms with E-state index in [4.69, 9.17) is 5.11 Å².